The first-order chi connectivity index (χ1) is 9.63. The summed E-state index contributed by atoms with van der Waals surface area (Å²) in [4.78, 5) is 10.9. The van der Waals surface area contributed by atoms with Crippen LogP contribution in [0.15, 0.2) is 23.1 Å². The van der Waals surface area contributed by atoms with E-state index in [1.807, 2.05) is 0 Å². The summed E-state index contributed by atoms with van der Waals surface area (Å²) in [6, 6.07) is 3.66. The number of nitrogens with zero attached hydrogens (tertiary/aromatic N) is 1. The lowest BCUT2D eigenvalue weighted by Crippen LogP contribution is -2.48. The van der Waals surface area contributed by atoms with Crippen LogP contribution in [0.5, 0.6) is 0 Å². The third-order valence-corrected chi connectivity index (χ3v) is 5.38. The number of carboxylic acids is 1. The quantitative estimate of drug-likeness (QED) is 0.699. The molecule has 0 aromatic heterocycles. The Morgan fingerprint density at radius 3 is 2.67 bits per heavy atom. The van der Waals surface area contributed by atoms with Crippen LogP contribution in [0, 0.1) is 0 Å². The van der Waals surface area contributed by atoms with Gasteiger partial charge in [-0.1, -0.05) is 0 Å². The fourth-order valence-electron chi connectivity index (χ4n) is 2.45. The fraction of sp³-hybridized carbons (Fsp3) is 0.462. The van der Waals surface area contributed by atoms with Gasteiger partial charge in [0.25, 0.3) is 0 Å². The second kappa shape index (κ2) is 5.28. The number of carbonyl (C=O) groups is 1. The van der Waals surface area contributed by atoms with Crippen molar-refractivity contribution >= 4 is 21.7 Å². The van der Waals surface area contributed by atoms with Crippen LogP contribution < -0.4 is 5.73 Å². The van der Waals surface area contributed by atoms with E-state index in [-0.39, 0.29) is 29.2 Å². The van der Waals surface area contributed by atoms with E-state index in [0.717, 1.165) is 10.4 Å². The van der Waals surface area contributed by atoms with Gasteiger partial charge in [0.2, 0.25) is 10.0 Å². The van der Waals surface area contributed by atoms with Crippen LogP contribution in [-0.2, 0) is 10.0 Å². The van der Waals surface area contributed by atoms with Crippen molar-refractivity contribution in [3.8, 4) is 0 Å². The molecule has 7 nitrogen and oxygen atoms in total. The minimum absolute atomic E-state index is 0.0663. The van der Waals surface area contributed by atoms with E-state index in [9.17, 15) is 18.3 Å². The van der Waals surface area contributed by atoms with Crippen LogP contribution in [0.4, 0.5) is 5.69 Å². The van der Waals surface area contributed by atoms with Gasteiger partial charge in [0.1, 0.15) is 0 Å². The molecule has 0 spiro atoms. The summed E-state index contributed by atoms with van der Waals surface area (Å²) < 4.78 is 26.4. The zero-order valence-corrected chi connectivity index (χ0v) is 12.4. The molecule has 1 unspecified atom stereocenters. The number of β-amino-alcohol motifs (C(OH)–C–C–N with tert-alkyl or cyclic N) is 1. The lowest BCUT2D eigenvalue weighted by Gasteiger charge is -2.36. The molecule has 1 aromatic carbocycles. The molecule has 0 amide bonds. The van der Waals surface area contributed by atoms with Crippen molar-refractivity contribution in [2.75, 3.05) is 18.8 Å². The van der Waals surface area contributed by atoms with Gasteiger partial charge < -0.3 is 15.9 Å². The van der Waals surface area contributed by atoms with Crippen molar-refractivity contribution in [3.63, 3.8) is 0 Å². The van der Waals surface area contributed by atoms with Gasteiger partial charge in [0.05, 0.1) is 16.1 Å². The molecule has 0 aliphatic carbocycles. The number of aliphatic hydroxyl groups is 1. The average Bonchev–Trinajstić information content (AvgIpc) is 2.37. The predicted octanol–water partition coefficient (Wildman–Crippen LogP) is 0.503. The first kappa shape index (κ1) is 15.7. The molecule has 1 aliphatic heterocycles. The molecule has 116 valence electrons. The Morgan fingerprint density at radius 2 is 2.10 bits per heavy atom. The number of rotatable bonds is 3. The molecule has 0 radical (unpaired) electrons. The van der Waals surface area contributed by atoms with E-state index in [1.165, 1.54) is 12.1 Å². The molecule has 4 N–H and O–H groups in total. The van der Waals surface area contributed by atoms with Crippen LogP contribution in [0.3, 0.4) is 0 Å². The number of nitrogens with two attached hydrogens (primary N) is 1. The number of hydrogen-bond acceptors (Lipinski definition) is 5. The van der Waals surface area contributed by atoms with E-state index in [1.54, 1.807) is 6.92 Å². The lowest BCUT2D eigenvalue weighted by molar-refractivity contribution is 0.00939. The van der Waals surface area contributed by atoms with Gasteiger partial charge in [0.15, 0.2) is 0 Å². The van der Waals surface area contributed by atoms with Gasteiger partial charge in [0, 0.05) is 18.8 Å². The summed E-state index contributed by atoms with van der Waals surface area (Å²) in [6.07, 6.45) is 1.01. The van der Waals surface area contributed by atoms with Gasteiger partial charge in [-0.15, -0.1) is 0 Å². The molecule has 8 heteroatoms. The largest absolute Gasteiger partial charge is 0.478 e. The van der Waals surface area contributed by atoms with E-state index in [0.29, 0.717) is 12.8 Å². The summed E-state index contributed by atoms with van der Waals surface area (Å²) in [7, 11) is -4.02. The number of carboxylic acid groups (broad SMARTS) is 1. The van der Waals surface area contributed by atoms with Crippen molar-refractivity contribution in [2.45, 2.75) is 30.3 Å². The maximum atomic E-state index is 12.6. The van der Waals surface area contributed by atoms with Crippen molar-refractivity contribution in [2.24, 2.45) is 0 Å². The van der Waals surface area contributed by atoms with Crippen LogP contribution in [0.25, 0.3) is 0 Å². The number of anilines is 1. The van der Waals surface area contributed by atoms with Crippen molar-refractivity contribution in [1.29, 1.82) is 0 Å². The number of sulfonamides is 1. The lowest BCUT2D eigenvalue weighted by atomic mass is 9.97. The first-order valence-corrected chi connectivity index (χ1v) is 7.93. The van der Waals surface area contributed by atoms with Crippen LogP contribution in [-0.4, -0.2) is 47.6 Å². The summed E-state index contributed by atoms with van der Waals surface area (Å²) in [5.41, 5.74) is 4.31. The standard InChI is InChI=1S/C13H18N2O5S/c1-13(18)5-2-6-15(8-13)21(19,20)11-7-9(14)3-4-10(11)12(16)17/h3-4,7,18H,2,5-6,8,14H2,1H3,(H,16,17). The molecule has 1 heterocycles. The highest BCUT2D eigenvalue weighted by molar-refractivity contribution is 7.89. The zero-order chi connectivity index (χ0) is 15.8. The van der Waals surface area contributed by atoms with Gasteiger partial charge >= 0.3 is 5.97 Å². The van der Waals surface area contributed by atoms with Gasteiger partial charge in [-0.05, 0) is 38.0 Å². The van der Waals surface area contributed by atoms with Crippen LogP contribution in [0.2, 0.25) is 0 Å². The summed E-state index contributed by atoms with van der Waals surface area (Å²) in [5, 5.41) is 19.2. The number of piperidine rings is 1. The second-order valence-electron chi connectivity index (χ2n) is 5.50. The molecule has 2 rings (SSSR count). The fourth-order valence-corrected chi connectivity index (χ4v) is 4.26. The van der Waals surface area contributed by atoms with Crippen molar-refractivity contribution in [3.05, 3.63) is 23.8 Å². The Labute approximate surface area is 123 Å². The molecule has 0 saturated carbocycles. The normalized spacial score (nSPS) is 23.9. The minimum atomic E-state index is -4.02. The van der Waals surface area contributed by atoms with Gasteiger partial charge in [-0.3, -0.25) is 0 Å². The summed E-state index contributed by atoms with van der Waals surface area (Å²) in [6.45, 7) is 1.74. The zero-order valence-electron chi connectivity index (χ0n) is 11.6. The van der Waals surface area contributed by atoms with E-state index in [2.05, 4.69) is 0 Å². The molecule has 1 fully saturated rings. The number of nitrogen functional groups attached to an aromatic ring is 1. The highest BCUT2D eigenvalue weighted by Crippen LogP contribution is 2.28. The third kappa shape index (κ3) is 3.17. The molecule has 1 atom stereocenters. The van der Waals surface area contributed by atoms with Crippen LogP contribution >= 0.6 is 0 Å². The monoisotopic (exact) mass is 314 g/mol. The number of hydrogen-bond donors (Lipinski definition) is 3. The van der Waals surface area contributed by atoms with Crippen molar-refractivity contribution in [1.82, 2.24) is 4.31 Å². The average molecular weight is 314 g/mol. The molecule has 21 heavy (non-hydrogen) atoms. The minimum Gasteiger partial charge on any atom is -0.478 e. The van der Waals surface area contributed by atoms with Gasteiger partial charge in [-0.2, -0.15) is 4.31 Å². The van der Waals surface area contributed by atoms with E-state index < -0.39 is 21.6 Å². The summed E-state index contributed by atoms with van der Waals surface area (Å²) >= 11 is 0. The molecule has 1 aromatic rings. The smallest absolute Gasteiger partial charge is 0.337 e. The van der Waals surface area contributed by atoms with Crippen molar-refractivity contribution < 1.29 is 23.4 Å². The molecular formula is C13H18N2O5S. The molecule has 0 bridgehead atoms. The molecular weight excluding hydrogens is 296 g/mol. The maximum absolute atomic E-state index is 12.6. The Balaban J connectivity index is 2.49. The first-order valence-electron chi connectivity index (χ1n) is 6.49. The Morgan fingerprint density at radius 1 is 1.43 bits per heavy atom. The maximum Gasteiger partial charge on any atom is 0.337 e. The highest BCUT2D eigenvalue weighted by Gasteiger charge is 2.37. The Kier molecular flexibility index (Phi) is 3.96. The number of benzene rings is 1. The topological polar surface area (TPSA) is 121 Å². The molecule has 1 saturated heterocycles. The Hall–Kier alpha value is -1.64. The predicted molar refractivity (Wildman–Crippen MR) is 76.4 cm³/mol. The van der Waals surface area contributed by atoms with E-state index >= 15 is 0 Å². The van der Waals surface area contributed by atoms with Gasteiger partial charge in [-0.25, -0.2) is 13.2 Å². The SMILES string of the molecule is CC1(O)CCCN(S(=O)(=O)c2cc(N)ccc2C(=O)O)C1. The second-order valence-corrected chi connectivity index (χ2v) is 7.41. The Bertz CT molecular complexity index is 669. The molecule has 1 aliphatic rings. The summed E-state index contributed by atoms with van der Waals surface area (Å²) in [5.74, 6) is -1.34. The van der Waals surface area contributed by atoms with Crippen LogP contribution in [0.1, 0.15) is 30.1 Å². The highest BCUT2D eigenvalue weighted by atomic mass is 32.2. The number of aromatic carboxylic acids is 1. The third-order valence-electron chi connectivity index (χ3n) is 3.49. The van der Waals surface area contributed by atoms with E-state index in [4.69, 9.17) is 10.8 Å².